The number of rotatable bonds is 8. The first-order chi connectivity index (χ1) is 8.06. The Morgan fingerprint density at radius 2 is 2.00 bits per heavy atom. The Hall–Kier alpha value is -1.10. The lowest BCUT2D eigenvalue weighted by molar-refractivity contribution is -0.120. The second kappa shape index (κ2) is 10.1. The molecule has 0 bridgehead atoms. The number of ketones is 1. The molecule has 17 heavy (non-hydrogen) atoms. The van der Waals surface area contributed by atoms with Crippen LogP contribution in [0.5, 0.6) is 0 Å². The van der Waals surface area contributed by atoms with E-state index in [0.717, 1.165) is 24.6 Å². The van der Waals surface area contributed by atoms with E-state index in [4.69, 9.17) is 0 Å². The molecule has 5 heteroatoms. The Morgan fingerprint density at radius 3 is 2.59 bits per heavy atom. The van der Waals surface area contributed by atoms with Crippen LogP contribution >= 0.6 is 11.8 Å². The molecule has 0 heterocycles. The van der Waals surface area contributed by atoms with E-state index in [1.54, 1.807) is 6.08 Å². The lowest BCUT2D eigenvalue weighted by atomic mass is 10.2. The van der Waals surface area contributed by atoms with Gasteiger partial charge in [0.15, 0.2) is 10.9 Å². The number of hydrogen-bond acceptors (Lipinski definition) is 4. The Balaban J connectivity index is 3.64. The summed E-state index contributed by atoms with van der Waals surface area (Å²) in [7, 11) is 0. The predicted octanol–water partition coefficient (Wildman–Crippen LogP) is 1.70. The zero-order valence-corrected chi connectivity index (χ0v) is 11.1. The van der Waals surface area contributed by atoms with Crippen LogP contribution in [0.1, 0.15) is 33.1 Å². The minimum Gasteiger partial charge on any atom is -0.356 e. The fraction of sp³-hybridized carbons (Fsp3) is 0.583. The van der Waals surface area contributed by atoms with Gasteiger partial charge >= 0.3 is 0 Å². The van der Waals surface area contributed by atoms with Crippen LogP contribution < -0.4 is 5.32 Å². The van der Waals surface area contributed by atoms with E-state index in [2.05, 4.69) is 5.32 Å². The van der Waals surface area contributed by atoms with Crippen molar-refractivity contribution in [1.82, 2.24) is 5.32 Å². The van der Waals surface area contributed by atoms with Gasteiger partial charge in [-0.1, -0.05) is 31.2 Å². The smallest absolute Gasteiger partial charge is 0.216 e. The molecule has 0 saturated carbocycles. The average molecular weight is 257 g/mol. The van der Waals surface area contributed by atoms with Crippen LogP contribution in [0.3, 0.4) is 0 Å². The van der Waals surface area contributed by atoms with E-state index in [1.807, 2.05) is 6.92 Å². The van der Waals surface area contributed by atoms with Crippen molar-refractivity contribution in [3.8, 4) is 0 Å². The Kier molecular flexibility index (Phi) is 9.43. The highest BCUT2D eigenvalue weighted by Crippen LogP contribution is 2.05. The van der Waals surface area contributed by atoms with E-state index in [1.165, 1.54) is 13.0 Å². The largest absolute Gasteiger partial charge is 0.356 e. The monoisotopic (exact) mass is 257 g/mol. The summed E-state index contributed by atoms with van der Waals surface area (Å²) in [5.41, 5.74) is 0. The maximum atomic E-state index is 11.3. The van der Waals surface area contributed by atoms with E-state index >= 15 is 0 Å². The molecule has 0 aliphatic heterocycles. The third-order valence-electron chi connectivity index (χ3n) is 1.82. The van der Waals surface area contributed by atoms with Crippen molar-refractivity contribution in [1.29, 1.82) is 0 Å². The minimum atomic E-state index is -0.157. The summed E-state index contributed by atoms with van der Waals surface area (Å²) in [6, 6.07) is 0. The van der Waals surface area contributed by atoms with Crippen molar-refractivity contribution < 1.29 is 14.4 Å². The van der Waals surface area contributed by atoms with Gasteiger partial charge in [-0.15, -0.1) is 0 Å². The first-order valence-corrected chi connectivity index (χ1v) is 6.64. The second-order valence-electron chi connectivity index (χ2n) is 3.54. The Labute approximate surface area is 106 Å². The SMILES string of the molecule is CCC/C=C/C(=O)CC(=O)SCCNC(C)=O. The molecule has 4 nitrogen and oxygen atoms in total. The topological polar surface area (TPSA) is 63.2 Å². The van der Waals surface area contributed by atoms with Gasteiger partial charge in [-0.25, -0.2) is 0 Å². The molecule has 1 N–H and O–H groups in total. The van der Waals surface area contributed by atoms with Gasteiger partial charge in [0, 0.05) is 19.2 Å². The van der Waals surface area contributed by atoms with Crippen LogP contribution in [-0.2, 0) is 14.4 Å². The lowest BCUT2D eigenvalue weighted by Gasteiger charge is -2.00. The quantitative estimate of drug-likeness (QED) is 0.408. The van der Waals surface area contributed by atoms with Crippen molar-refractivity contribution >= 4 is 28.6 Å². The van der Waals surface area contributed by atoms with E-state index in [-0.39, 0.29) is 23.2 Å². The molecular formula is C12H19NO3S. The van der Waals surface area contributed by atoms with Gasteiger partial charge in [0.05, 0.1) is 6.42 Å². The van der Waals surface area contributed by atoms with Crippen LogP contribution in [0.2, 0.25) is 0 Å². The lowest BCUT2D eigenvalue weighted by Crippen LogP contribution is -2.22. The van der Waals surface area contributed by atoms with Crippen molar-refractivity contribution in [2.24, 2.45) is 0 Å². The molecule has 0 radical (unpaired) electrons. The molecule has 0 atom stereocenters. The first kappa shape index (κ1) is 15.9. The molecule has 96 valence electrons. The maximum absolute atomic E-state index is 11.3. The average Bonchev–Trinajstić information content (AvgIpc) is 2.24. The molecule has 0 aromatic carbocycles. The molecule has 0 aromatic rings. The summed E-state index contributed by atoms with van der Waals surface area (Å²) in [5, 5.41) is 2.43. The highest BCUT2D eigenvalue weighted by molar-refractivity contribution is 8.13. The summed E-state index contributed by atoms with van der Waals surface area (Å²) in [6.45, 7) is 3.90. The number of allylic oxidation sites excluding steroid dienone is 2. The van der Waals surface area contributed by atoms with Crippen LogP contribution in [0.15, 0.2) is 12.2 Å². The summed E-state index contributed by atoms with van der Waals surface area (Å²) < 4.78 is 0. The first-order valence-electron chi connectivity index (χ1n) is 5.65. The molecule has 1 amide bonds. The van der Waals surface area contributed by atoms with Gasteiger partial charge in [0.1, 0.15) is 0 Å². The van der Waals surface area contributed by atoms with Gasteiger partial charge in [-0.3, -0.25) is 14.4 Å². The molecule has 0 aliphatic carbocycles. The van der Waals surface area contributed by atoms with Crippen LogP contribution in [0.4, 0.5) is 0 Å². The zero-order valence-electron chi connectivity index (χ0n) is 10.3. The Morgan fingerprint density at radius 1 is 1.29 bits per heavy atom. The highest BCUT2D eigenvalue weighted by atomic mass is 32.2. The molecule has 0 rings (SSSR count). The van der Waals surface area contributed by atoms with Gasteiger partial charge in [0.25, 0.3) is 0 Å². The van der Waals surface area contributed by atoms with Gasteiger partial charge in [-0.05, 0) is 12.5 Å². The van der Waals surface area contributed by atoms with Gasteiger partial charge in [-0.2, -0.15) is 0 Å². The van der Waals surface area contributed by atoms with Crippen LogP contribution in [0, 0.1) is 0 Å². The minimum absolute atomic E-state index is 0.0645. The molecule has 0 unspecified atom stereocenters. The van der Waals surface area contributed by atoms with Crippen LogP contribution in [0.25, 0.3) is 0 Å². The molecule has 0 fully saturated rings. The Bertz CT molecular complexity index is 300. The number of carbonyl (C=O) groups is 3. The van der Waals surface area contributed by atoms with E-state index < -0.39 is 0 Å². The van der Waals surface area contributed by atoms with Gasteiger partial charge < -0.3 is 5.32 Å². The zero-order chi connectivity index (χ0) is 13.1. The predicted molar refractivity (Wildman–Crippen MR) is 69.8 cm³/mol. The van der Waals surface area contributed by atoms with E-state index in [0.29, 0.717) is 12.3 Å². The molecule has 0 saturated heterocycles. The normalized spacial score (nSPS) is 10.5. The fourth-order valence-electron chi connectivity index (χ4n) is 1.03. The molecule has 0 spiro atoms. The second-order valence-corrected chi connectivity index (χ2v) is 4.69. The fourth-order valence-corrected chi connectivity index (χ4v) is 1.70. The van der Waals surface area contributed by atoms with Gasteiger partial charge in [0.2, 0.25) is 5.91 Å². The number of unbranched alkanes of at least 4 members (excludes halogenated alkanes) is 1. The number of hydrogen-bond donors (Lipinski definition) is 1. The standard InChI is InChI=1S/C12H19NO3S/c1-3-4-5-6-11(15)9-12(16)17-8-7-13-10(2)14/h5-6H,3-4,7-9H2,1-2H3,(H,13,14)/b6-5+. The molecular weight excluding hydrogens is 238 g/mol. The third kappa shape index (κ3) is 11.2. The third-order valence-corrected chi connectivity index (χ3v) is 2.69. The highest BCUT2D eigenvalue weighted by Gasteiger charge is 2.07. The maximum Gasteiger partial charge on any atom is 0.216 e. The van der Waals surface area contributed by atoms with Crippen molar-refractivity contribution in [2.75, 3.05) is 12.3 Å². The summed E-state index contributed by atoms with van der Waals surface area (Å²) in [4.78, 5) is 33.1. The van der Waals surface area contributed by atoms with Crippen LogP contribution in [-0.4, -0.2) is 29.1 Å². The number of nitrogens with one attached hydrogen (secondary N) is 1. The van der Waals surface area contributed by atoms with E-state index in [9.17, 15) is 14.4 Å². The van der Waals surface area contributed by atoms with Crippen molar-refractivity contribution in [3.63, 3.8) is 0 Å². The molecule has 0 aromatic heterocycles. The van der Waals surface area contributed by atoms with Crippen molar-refractivity contribution in [2.45, 2.75) is 33.1 Å². The number of thioether (sulfide) groups is 1. The summed E-state index contributed by atoms with van der Waals surface area (Å²) in [5.74, 6) is 0.233. The van der Waals surface area contributed by atoms with Crippen molar-refractivity contribution in [3.05, 3.63) is 12.2 Å². The number of amides is 1. The molecule has 0 aliphatic rings. The summed E-state index contributed by atoms with van der Waals surface area (Å²) >= 11 is 1.08. The number of carbonyl (C=O) groups excluding carboxylic acids is 3. The summed E-state index contributed by atoms with van der Waals surface area (Å²) in [6.07, 6.45) is 5.04.